The smallest absolute Gasteiger partial charge is 0.192 e. The molecular weight excluding hydrogens is 278 g/mol. The first-order valence-electron chi connectivity index (χ1n) is 7.79. The van der Waals surface area contributed by atoms with Gasteiger partial charge in [-0.25, -0.2) is 0 Å². The SMILES string of the molecule is CC(C)(C)[Si](C)(C)OCCNCCOCc1ccccc1. The van der Waals surface area contributed by atoms with Crippen molar-refractivity contribution in [2.75, 3.05) is 26.3 Å². The molecule has 0 bridgehead atoms. The van der Waals surface area contributed by atoms with E-state index in [2.05, 4.69) is 51.3 Å². The molecule has 0 aliphatic rings. The van der Waals surface area contributed by atoms with Crippen LogP contribution in [0.25, 0.3) is 0 Å². The standard InChI is InChI=1S/C17H31NO2Si/c1-17(2,3)21(4,5)20-14-12-18-11-13-19-15-16-9-7-6-8-10-16/h6-10,18H,11-15H2,1-5H3. The van der Waals surface area contributed by atoms with Crippen LogP contribution in [0, 0.1) is 0 Å². The van der Waals surface area contributed by atoms with Crippen molar-refractivity contribution in [2.24, 2.45) is 0 Å². The van der Waals surface area contributed by atoms with Crippen LogP contribution in [-0.4, -0.2) is 34.6 Å². The summed E-state index contributed by atoms with van der Waals surface area (Å²) in [6.07, 6.45) is 0. The molecule has 0 aromatic heterocycles. The lowest BCUT2D eigenvalue weighted by atomic mass is 10.2. The first-order chi connectivity index (χ1) is 9.83. The Kier molecular flexibility index (Phi) is 7.60. The van der Waals surface area contributed by atoms with E-state index in [0.29, 0.717) is 6.61 Å². The number of hydrogen-bond acceptors (Lipinski definition) is 3. The van der Waals surface area contributed by atoms with Crippen molar-refractivity contribution in [3.8, 4) is 0 Å². The van der Waals surface area contributed by atoms with Crippen LogP contribution in [0.2, 0.25) is 18.1 Å². The van der Waals surface area contributed by atoms with Gasteiger partial charge in [0.25, 0.3) is 0 Å². The quantitative estimate of drug-likeness (QED) is 0.556. The van der Waals surface area contributed by atoms with Crippen LogP contribution < -0.4 is 5.32 Å². The summed E-state index contributed by atoms with van der Waals surface area (Å²) < 4.78 is 11.7. The monoisotopic (exact) mass is 309 g/mol. The van der Waals surface area contributed by atoms with E-state index in [-0.39, 0.29) is 5.04 Å². The Hall–Kier alpha value is -0.683. The molecule has 0 saturated carbocycles. The lowest BCUT2D eigenvalue weighted by Gasteiger charge is -2.36. The van der Waals surface area contributed by atoms with Crippen molar-refractivity contribution >= 4 is 8.32 Å². The Labute approximate surface area is 131 Å². The molecule has 0 aliphatic carbocycles. The highest BCUT2D eigenvalue weighted by Crippen LogP contribution is 2.36. The van der Waals surface area contributed by atoms with Crippen molar-refractivity contribution in [3.63, 3.8) is 0 Å². The summed E-state index contributed by atoms with van der Waals surface area (Å²) in [7, 11) is -1.60. The highest BCUT2D eigenvalue weighted by atomic mass is 28.4. The van der Waals surface area contributed by atoms with Crippen molar-refractivity contribution in [1.82, 2.24) is 5.32 Å². The molecule has 0 spiro atoms. The third-order valence-electron chi connectivity index (χ3n) is 4.08. The summed E-state index contributed by atoms with van der Waals surface area (Å²) in [4.78, 5) is 0. The van der Waals surface area contributed by atoms with Crippen LogP contribution >= 0.6 is 0 Å². The van der Waals surface area contributed by atoms with Crippen molar-refractivity contribution in [3.05, 3.63) is 35.9 Å². The van der Waals surface area contributed by atoms with Crippen LogP contribution in [-0.2, 0) is 15.8 Å². The van der Waals surface area contributed by atoms with E-state index in [9.17, 15) is 0 Å². The van der Waals surface area contributed by atoms with E-state index in [1.807, 2.05) is 18.2 Å². The number of benzene rings is 1. The van der Waals surface area contributed by atoms with Gasteiger partial charge in [-0.15, -0.1) is 0 Å². The molecule has 1 aromatic rings. The predicted molar refractivity (Wildman–Crippen MR) is 92.1 cm³/mol. The largest absolute Gasteiger partial charge is 0.416 e. The maximum Gasteiger partial charge on any atom is 0.192 e. The van der Waals surface area contributed by atoms with Gasteiger partial charge in [0.2, 0.25) is 0 Å². The lowest BCUT2D eigenvalue weighted by Crippen LogP contribution is -2.42. The van der Waals surface area contributed by atoms with Gasteiger partial charge in [-0.1, -0.05) is 51.1 Å². The second kappa shape index (κ2) is 8.69. The van der Waals surface area contributed by atoms with Gasteiger partial charge in [-0.2, -0.15) is 0 Å². The topological polar surface area (TPSA) is 30.5 Å². The van der Waals surface area contributed by atoms with E-state index >= 15 is 0 Å². The lowest BCUT2D eigenvalue weighted by molar-refractivity contribution is 0.122. The minimum absolute atomic E-state index is 0.284. The summed E-state index contributed by atoms with van der Waals surface area (Å²) in [6.45, 7) is 15.3. The van der Waals surface area contributed by atoms with Gasteiger partial charge >= 0.3 is 0 Å². The summed E-state index contributed by atoms with van der Waals surface area (Å²) >= 11 is 0. The molecule has 120 valence electrons. The van der Waals surface area contributed by atoms with Gasteiger partial charge in [0.1, 0.15) is 0 Å². The summed E-state index contributed by atoms with van der Waals surface area (Å²) in [5.41, 5.74) is 1.22. The second-order valence-electron chi connectivity index (χ2n) is 6.90. The van der Waals surface area contributed by atoms with Crippen LogP contribution in [0.4, 0.5) is 0 Å². The molecule has 0 radical (unpaired) electrons. The minimum atomic E-state index is -1.60. The molecule has 0 unspecified atom stereocenters. The first-order valence-corrected chi connectivity index (χ1v) is 10.7. The molecule has 0 aliphatic heterocycles. The van der Waals surface area contributed by atoms with Gasteiger partial charge in [0.05, 0.1) is 13.2 Å². The maximum atomic E-state index is 6.11. The second-order valence-corrected chi connectivity index (χ2v) is 11.7. The average molecular weight is 310 g/mol. The third-order valence-corrected chi connectivity index (χ3v) is 8.62. The van der Waals surface area contributed by atoms with Gasteiger partial charge in [-0.05, 0) is 23.7 Å². The predicted octanol–water partition coefficient (Wildman–Crippen LogP) is 3.81. The number of nitrogens with one attached hydrogen (secondary N) is 1. The fourth-order valence-corrected chi connectivity index (χ4v) is 2.67. The zero-order chi connectivity index (χ0) is 15.8. The molecule has 21 heavy (non-hydrogen) atoms. The molecule has 0 heterocycles. The Balaban J connectivity index is 2.00. The summed E-state index contributed by atoms with van der Waals surface area (Å²) in [5.74, 6) is 0. The molecule has 1 N–H and O–H groups in total. The van der Waals surface area contributed by atoms with Crippen LogP contribution in [0.15, 0.2) is 30.3 Å². The van der Waals surface area contributed by atoms with Gasteiger partial charge in [0, 0.05) is 19.7 Å². The first kappa shape index (κ1) is 18.4. The van der Waals surface area contributed by atoms with E-state index in [1.54, 1.807) is 0 Å². The molecular formula is C17H31NO2Si. The van der Waals surface area contributed by atoms with Crippen molar-refractivity contribution in [2.45, 2.75) is 45.5 Å². The highest BCUT2D eigenvalue weighted by Gasteiger charge is 2.36. The fraction of sp³-hybridized carbons (Fsp3) is 0.647. The number of ether oxygens (including phenoxy) is 1. The van der Waals surface area contributed by atoms with E-state index in [0.717, 1.165) is 26.3 Å². The Morgan fingerprint density at radius 2 is 1.62 bits per heavy atom. The van der Waals surface area contributed by atoms with Crippen LogP contribution in [0.5, 0.6) is 0 Å². The zero-order valence-electron chi connectivity index (χ0n) is 14.2. The van der Waals surface area contributed by atoms with E-state index in [4.69, 9.17) is 9.16 Å². The normalized spacial score (nSPS) is 12.6. The van der Waals surface area contributed by atoms with Crippen molar-refractivity contribution < 1.29 is 9.16 Å². The fourth-order valence-electron chi connectivity index (χ4n) is 1.63. The van der Waals surface area contributed by atoms with Gasteiger partial charge in [0.15, 0.2) is 8.32 Å². The maximum absolute atomic E-state index is 6.11. The van der Waals surface area contributed by atoms with Gasteiger partial charge < -0.3 is 14.5 Å². The minimum Gasteiger partial charge on any atom is -0.416 e. The van der Waals surface area contributed by atoms with Crippen LogP contribution in [0.1, 0.15) is 26.3 Å². The summed E-state index contributed by atoms with van der Waals surface area (Å²) in [6, 6.07) is 10.3. The number of hydrogen-bond donors (Lipinski definition) is 1. The number of rotatable bonds is 9. The molecule has 0 fully saturated rings. The molecule has 0 amide bonds. The highest BCUT2D eigenvalue weighted by molar-refractivity contribution is 6.74. The Bertz CT molecular complexity index is 388. The molecule has 4 heteroatoms. The third kappa shape index (κ3) is 7.22. The molecule has 1 aromatic carbocycles. The van der Waals surface area contributed by atoms with E-state index < -0.39 is 8.32 Å². The van der Waals surface area contributed by atoms with Crippen molar-refractivity contribution in [1.29, 1.82) is 0 Å². The Morgan fingerprint density at radius 3 is 2.24 bits per heavy atom. The van der Waals surface area contributed by atoms with Gasteiger partial charge in [-0.3, -0.25) is 0 Å². The molecule has 0 saturated heterocycles. The molecule has 1 rings (SSSR count). The summed E-state index contributed by atoms with van der Waals surface area (Å²) in [5, 5.41) is 3.65. The average Bonchev–Trinajstić information content (AvgIpc) is 2.41. The van der Waals surface area contributed by atoms with Crippen LogP contribution in [0.3, 0.4) is 0 Å². The molecule has 3 nitrogen and oxygen atoms in total. The molecule has 0 atom stereocenters. The Morgan fingerprint density at radius 1 is 1.00 bits per heavy atom. The zero-order valence-corrected chi connectivity index (χ0v) is 15.2. The van der Waals surface area contributed by atoms with E-state index in [1.165, 1.54) is 5.56 Å².